The van der Waals surface area contributed by atoms with Gasteiger partial charge < -0.3 is 9.47 Å². The highest BCUT2D eigenvalue weighted by molar-refractivity contribution is 5.25. The molecule has 0 aliphatic carbocycles. The van der Waals surface area contributed by atoms with E-state index in [0.29, 0.717) is 13.2 Å². The lowest BCUT2D eigenvalue weighted by atomic mass is 10.1. The summed E-state index contributed by atoms with van der Waals surface area (Å²) in [5.41, 5.74) is 2.39. The summed E-state index contributed by atoms with van der Waals surface area (Å²) in [6, 6.07) is 0.467. The minimum absolute atomic E-state index is 0.229. The van der Waals surface area contributed by atoms with Crippen molar-refractivity contribution in [3.8, 4) is 12.0 Å². The fraction of sp³-hybridized carbons (Fsp3) is 0.769. The van der Waals surface area contributed by atoms with Gasteiger partial charge in [-0.1, -0.05) is 13.3 Å². The minimum atomic E-state index is 0.229. The number of anilines is 1. The van der Waals surface area contributed by atoms with Gasteiger partial charge in [0.05, 0.1) is 6.61 Å². The molecule has 2 heterocycles. The van der Waals surface area contributed by atoms with Crippen LogP contribution in [-0.2, 0) is 0 Å². The van der Waals surface area contributed by atoms with Crippen LogP contribution in [0.2, 0.25) is 0 Å². The number of ether oxygens (including phenoxy) is 2. The maximum absolute atomic E-state index is 5.59. The molecule has 1 aliphatic rings. The molecule has 0 atom stereocenters. The first-order chi connectivity index (χ1) is 10.3. The van der Waals surface area contributed by atoms with E-state index in [2.05, 4.69) is 25.3 Å². The molecule has 0 unspecified atom stereocenters. The number of likely N-dealkylation sites (tertiary alicyclic amines) is 1. The minimum Gasteiger partial charge on any atom is -0.463 e. The van der Waals surface area contributed by atoms with E-state index in [4.69, 9.17) is 15.3 Å². The van der Waals surface area contributed by atoms with Gasteiger partial charge in [-0.25, -0.2) is 5.84 Å². The molecule has 0 spiro atoms. The first-order valence-electron chi connectivity index (χ1n) is 7.52. The van der Waals surface area contributed by atoms with Crippen LogP contribution >= 0.6 is 0 Å². The zero-order valence-electron chi connectivity index (χ0n) is 12.5. The van der Waals surface area contributed by atoms with Gasteiger partial charge in [0.15, 0.2) is 0 Å². The van der Waals surface area contributed by atoms with Crippen LogP contribution < -0.4 is 20.7 Å². The van der Waals surface area contributed by atoms with Crippen molar-refractivity contribution in [3.05, 3.63) is 0 Å². The molecule has 1 fully saturated rings. The molecular formula is C13H24N6O2. The topological polar surface area (TPSA) is 98.4 Å². The predicted octanol–water partition coefficient (Wildman–Crippen LogP) is 0.811. The Bertz CT molecular complexity index is 425. The number of piperidine rings is 1. The molecule has 118 valence electrons. The van der Waals surface area contributed by atoms with Crippen molar-refractivity contribution in [1.82, 2.24) is 19.9 Å². The van der Waals surface area contributed by atoms with Crippen molar-refractivity contribution < 1.29 is 9.47 Å². The fourth-order valence-corrected chi connectivity index (χ4v) is 2.17. The molecular weight excluding hydrogens is 272 g/mol. The number of nitrogen functional groups attached to an aromatic ring is 1. The molecule has 0 amide bonds. The summed E-state index contributed by atoms with van der Waals surface area (Å²) in [5.74, 6) is 5.58. The molecule has 8 heteroatoms. The second kappa shape index (κ2) is 8.58. The summed E-state index contributed by atoms with van der Waals surface area (Å²) in [4.78, 5) is 14.6. The quantitative estimate of drug-likeness (QED) is 0.537. The van der Waals surface area contributed by atoms with Crippen molar-refractivity contribution >= 4 is 5.95 Å². The number of hydrogen-bond donors (Lipinski definition) is 2. The van der Waals surface area contributed by atoms with Gasteiger partial charge >= 0.3 is 12.0 Å². The Morgan fingerprint density at radius 2 is 1.71 bits per heavy atom. The summed E-state index contributed by atoms with van der Waals surface area (Å²) in [5, 5.41) is 0. The Morgan fingerprint density at radius 1 is 1.05 bits per heavy atom. The van der Waals surface area contributed by atoms with Crippen molar-refractivity contribution in [2.24, 2.45) is 5.84 Å². The Labute approximate surface area is 125 Å². The largest absolute Gasteiger partial charge is 0.463 e. The number of aromatic nitrogens is 3. The average molecular weight is 296 g/mol. The lowest BCUT2D eigenvalue weighted by molar-refractivity contribution is 0.175. The number of rotatable bonds is 8. The van der Waals surface area contributed by atoms with Crippen molar-refractivity contribution in [2.45, 2.75) is 32.6 Å². The molecule has 1 aromatic rings. The van der Waals surface area contributed by atoms with Crippen LogP contribution in [0.25, 0.3) is 0 Å². The van der Waals surface area contributed by atoms with Gasteiger partial charge in [-0.15, -0.1) is 4.98 Å². The number of hydrazine groups is 1. The highest BCUT2D eigenvalue weighted by atomic mass is 16.5. The molecule has 0 radical (unpaired) electrons. The maximum Gasteiger partial charge on any atom is 0.324 e. The number of nitrogens with zero attached hydrogens (tertiary/aromatic N) is 4. The first-order valence-corrected chi connectivity index (χ1v) is 7.52. The lowest BCUT2D eigenvalue weighted by Gasteiger charge is -2.25. The van der Waals surface area contributed by atoms with E-state index in [1.165, 1.54) is 19.3 Å². The van der Waals surface area contributed by atoms with E-state index in [1.54, 1.807) is 0 Å². The fourth-order valence-electron chi connectivity index (χ4n) is 2.17. The van der Waals surface area contributed by atoms with Crippen LogP contribution in [0, 0.1) is 0 Å². The number of nitrogens with two attached hydrogens (primary N) is 1. The summed E-state index contributed by atoms with van der Waals surface area (Å²) >= 11 is 0. The first kappa shape index (κ1) is 15.7. The Morgan fingerprint density at radius 3 is 2.33 bits per heavy atom. The van der Waals surface area contributed by atoms with E-state index >= 15 is 0 Å². The molecule has 1 aromatic heterocycles. The van der Waals surface area contributed by atoms with Gasteiger partial charge in [0.25, 0.3) is 0 Å². The molecule has 0 aromatic carbocycles. The van der Waals surface area contributed by atoms with Gasteiger partial charge in [-0.05, 0) is 32.4 Å². The molecule has 21 heavy (non-hydrogen) atoms. The van der Waals surface area contributed by atoms with Gasteiger partial charge in [-0.3, -0.25) is 10.3 Å². The standard InChI is InChI=1S/C13H24N6O2/c1-2-9-20-12-15-11(18-14)16-13(17-12)21-10-8-19-6-4-3-5-7-19/h2-10,14H2,1H3,(H,15,16,17,18). The maximum atomic E-state index is 5.59. The van der Waals surface area contributed by atoms with Crippen molar-refractivity contribution in [2.75, 3.05) is 38.3 Å². The van der Waals surface area contributed by atoms with E-state index < -0.39 is 0 Å². The van der Waals surface area contributed by atoms with Gasteiger partial charge in [-0.2, -0.15) is 9.97 Å². The van der Waals surface area contributed by atoms with Gasteiger partial charge in [0, 0.05) is 6.54 Å². The zero-order chi connectivity index (χ0) is 14.9. The van der Waals surface area contributed by atoms with E-state index in [-0.39, 0.29) is 18.0 Å². The molecule has 0 bridgehead atoms. The van der Waals surface area contributed by atoms with Crippen molar-refractivity contribution in [3.63, 3.8) is 0 Å². The van der Waals surface area contributed by atoms with E-state index in [0.717, 1.165) is 26.1 Å². The second-order valence-electron chi connectivity index (χ2n) is 4.97. The molecule has 3 N–H and O–H groups in total. The van der Waals surface area contributed by atoms with Crippen LogP contribution in [0.4, 0.5) is 5.95 Å². The predicted molar refractivity (Wildman–Crippen MR) is 79.2 cm³/mol. The third-order valence-electron chi connectivity index (χ3n) is 3.25. The summed E-state index contributed by atoms with van der Waals surface area (Å²) in [7, 11) is 0. The molecule has 8 nitrogen and oxygen atoms in total. The Hall–Kier alpha value is -1.67. The van der Waals surface area contributed by atoms with Crippen LogP contribution in [0.5, 0.6) is 12.0 Å². The third-order valence-corrected chi connectivity index (χ3v) is 3.25. The van der Waals surface area contributed by atoms with Crippen LogP contribution in [0.15, 0.2) is 0 Å². The smallest absolute Gasteiger partial charge is 0.324 e. The number of nitrogens with one attached hydrogen (secondary N) is 1. The monoisotopic (exact) mass is 296 g/mol. The Kier molecular flexibility index (Phi) is 6.42. The third kappa shape index (κ3) is 5.31. The normalized spacial score (nSPS) is 15.7. The molecule has 2 rings (SSSR count). The SMILES string of the molecule is CCCOc1nc(NN)nc(OCCN2CCCCC2)n1. The zero-order valence-corrected chi connectivity index (χ0v) is 12.5. The van der Waals surface area contributed by atoms with Crippen LogP contribution in [-0.4, -0.2) is 52.7 Å². The van der Waals surface area contributed by atoms with Crippen molar-refractivity contribution in [1.29, 1.82) is 0 Å². The van der Waals surface area contributed by atoms with Crippen LogP contribution in [0.3, 0.4) is 0 Å². The Balaban J connectivity index is 1.85. The summed E-state index contributed by atoms with van der Waals surface area (Å²) < 4.78 is 11.0. The highest BCUT2D eigenvalue weighted by Gasteiger charge is 2.11. The van der Waals surface area contributed by atoms with Gasteiger partial charge in [0.2, 0.25) is 5.95 Å². The summed E-state index contributed by atoms with van der Waals surface area (Å²) in [6.45, 7) is 6.26. The molecule has 1 saturated heterocycles. The summed E-state index contributed by atoms with van der Waals surface area (Å²) in [6.07, 6.45) is 4.74. The highest BCUT2D eigenvalue weighted by Crippen LogP contribution is 2.13. The second-order valence-corrected chi connectivity index (χ2v) is 4.97. The van der Waals surface area contributed by atoms with E-state index in [9.17, 15) is 0 Å². The lowest BCUT2D eigenvalue weighted by Crippen LogP contribution is -2.33. The van der Waals surface area contributed by atoms with Crippen LogP contribution in [0.1, 0.15) is 32.6 Å². The average Bonchev–Trinajstić information content (AvgIpc) is 2.53. The van der Waals surface area contributed by atoms with Gasteiger partial charge in [0.1, 0.15) is 6.61 Å². The number of hydrogen-bond acceptors (Lipinski definition) is 8. The molecule has 1 aliphatic heterocycles. The van der Waals surface area contributed by atoms with E-state index in [1.807, 2.05) is 6.92 Å². The molecule has 0 saturated carbocycles.